The summed E-state index contributed by atoms with van der Waals surface area (Å²) in [5.41, 5.74) is 5.95. The Morgan fingerprint density at radius 2 is 1.62 bits per heavy atom. The van der Waals surface area contributed by atoms with Crippen molar-refractivity contribution >= 4 is 42.6 Å². The molecule has 0 bridgehead atoms. The lowest BCUT2D eigenvalue weighted by molar-refractivity contribution is -0.679. The van der Waals surface area contributed by atoms with Crippen LogP contribution >= 0.6 is 0 Å². The summed E-state index contributed by atoms with van der Waals surface area (Å²) in [6, 6.07) is 21.5. The van der Waals surface area contributed by atoms with Crippen molar-refractivity contribution in [3.8, 4) is 16.9 Å². The lowest BCUT2D eigenvalue weighted by Gasteiger charge is -2.22. The first kappa shape index (κ1) is 35.3. The summed E-state index contributed by atoms with van der Waals surface area (Å²) in [6.07, 6.45) is 5.75. The molecule has 12 heteroatoms. The van der Waals surface area contributed by atoms with Crippen molar-refractivity contribution in [2.45, 2.75) is 65.3 Å². The average Bonchev–Trinajstić information content (AvgIpc) is 3.58. The molecule has 0 spiro atoms. The van der Waals surface area contributed by atoms with Crippen LogP contribution in [0.25, 0.3) is 27.8 Å². The van der Waals surface area contributed by atoms with Crippen LogP contribution in [0.5, 0.6) is 5.75 Å². The van der Waals surface area contributed by atoms with E-state index in [1.807, 2.05) is 72.2 Å². The summed E-state index contributed by atoms with van der Waals surface area (Å²) in [7, 11) is -8.83. The molecule has 48 heavy (non-hydrogen) atoms. The maximum Gasteiger partial charge on any atom is 0.377 e. The molecule has 1 aliphatic heterocycles. The van der Waals surface area contributed by atoms with Crippen LogP contribution in [0.2, 0.25) is 0 Å². The Hall–Kier alpha value is -3.97. The first-order valence-corrected chi connectivity index (χ1v) is 19.2. The van der Waals surface area contributed by atoms with Gasteiger partial charge in [-0.25, -0.2) is 16.8 Å². The molecule has 5 rings (SSSR count). The Balaban J connectivity index is 1.55. The van der Waals surface area contributed by atoms with Crippen LogP contribution in [-0.2, 0) is 32.2 Å². The minimum Gasteiger partial charge on any atom is -0.748 e. The molecule has 0 unspecified atom stereocenters. The minimum absolute atomic E-state index is 0.0792. The number of aromatic nitrogens is 1. The van der Waals surface area contributed by atoms with Gasteiger partial charge in [-0.05, 0) is 71.7 Å². The predicted molar refractivity (Wildman–Crippen MR) is 184 cm³/mol. The first-order valence-electron chi connectivity index (χ1n) is 16.1. The van der Waals surface area contributed by atoms with Gasteiger partial charge in [-0.2, -0.15) is 4.57 Å². The molecule has 4 aromatic rings. The highest BCUT2D eigenvalue weighted by atomic mass is 32.2. The van der Waals surface area contributed by atoms with E-state index in [0.29, 0.717) is 48.2 Å². The third-order valence-electron chi connectivity index (χ3n) is 8.88. The molecule has 0 saturated heterocycles. The fourth-order valence-corrected chi connectivity index (χ4v) is 6.66. The van der Waals surface area contributed by atoms with Gasteiger partial charge in [-0.15, -0.1) is 0 Å². The topological polar surface area (TPSA) is 144 Å². The van der Waals surface area contributed by atoms with E-state index >= 15 is 0 Å². The molecule has 1 aliphatic rings. The van der Waals surface area contributed by atoms with Gasteiger partial charge in [0.2, 0.25) is 11.5 Å². The van der Waals surface area contributed by atoms with Crippen molar-refractivity contribution in [1.82, 2.24) is 0 Å². The predicted octanol–water partition coefficient (Wildman–Crippen LogP) is 6.48. The highest BCUT2D eigenvalue weighted by Crippen LogP contribution is 2.42. The molecule has 10 nitrogen and oxygen atoms in total. The van der Waals surface area contributed by atoms with Crippen LogP contribution in [-0.4, -0.2) is 44.0 Å². The molecule has 0 amide bonds. The highest BCUT2D eigenvalue weighted by molar-refractivity contribution is 7.85. The van der Waals surface area contributed by atoms with Gasteiger partial charge in [-0.1, -0.05) is 70.2 Å². The van der Waals surface area contributed by atoms with Crippen molar-refractivity contribution in [2.24, 2.45) is 0 Å². The summed E-state index contributed by atoms with van der Waals surface area (Å²) in [4.78, 5) is 1.69. The molecule has 1 aromatic heterocycles. The van der Waals surface area contributed by atoms with Gasteiger partial charge in [-0.3, -0.25) is 0 Å². The van der Waals surface area contributed by atoms with E-state index in [9.17, 15) is 25.9 Å². The van der Waals surface area contributed by atoms with Crippen LogP contribution in [0, 0.1) is 0 Å². The molecule has 0 atom stereocenters. The largest absolute Gasteiger partial charge is 0.748 e. The second kappa shape index (κ2) is 14.3. The van der Waals surface area contributed by atoms with E-state index in [1.54, 1.807) is 11.0 Å². The Kier molecular flexibility index (Phi) is 10.5. The van der Waals surface area contributed by atoms with Gasteiger partial charge in [0.15, 0.2) is 12.3 Å². The number of fused-ring (bicyclic) bond motifs is 2. The molecule has 0 fully saturated rings. The third kappa shape index (κ3) is 8.35. The fourth-order valence-electron chi connectivity index (χ4n) is 5.70. The standard InChI is InChI=1S/C36H42N2O8S2/c1-5-26(35-38(20-10-11-22-47(39,40)41)31-25-29(36(3,4)6-2)16-18-33(31)46-35)15-19-34-37(21-23-48(42,43)44)30-24-28(14-17-32(30)45-34)27-12-8-7-9-13-27/h7-9,12-19,24-25H,5-6,10-11,20-23H2,1-4H3,(H-,39,40,41,42,43,44)/p-1. The van der Waals surface area contributed by atoms with Crippen LogP contribution in [0.4, 0.5) is 5.69 Å². The monoisotopic (exact) mass is 693 g/mol. The van der Waals surface area contributed by atoms with Gasteiger partial charge in [0.25, 0.3) is 5.52 Å². The van der Waals surface area contributed by atoms with Crippen molar-refractivity contribution < 1.29 is 39.7 Å². The number of unbranched alkanes of at least 4 members (excludes halogenated alkanes) is 1. The zero-order chi connectivity index (χ0) is 34.7. The zero-order valence-electron chi connectivity index (χ0n) is 27.6. The summed E-state index contributed by atoms with van der Waals surface area (Å²) in [5, 5.41) is 0. The van der Waals surface area contributed by atoms with E-state index in [0.717, 1.165) is 34.2 Å². The number of anilines is 1. The number of hydrogen-bond acceptors (Lipinski definition) is 9. The van der Waals surface area contributed by atoms with Crippen molar-refractivity contribution in [1.29, 1.82) is 0 Å². The zero-order valence-corrected chi connectivity index (χ0v) is 29.3. The number of nitrogens with zero attached hydrogens (tertiary/aromatic N) is 2. The first-order chi connectivity index (χ1) is 22.7. The van der Waals surface area contributed by atoms with Crippen molar-refractivity contribution in [3.05, 3.63) is 96.2 Å². The number of oxazole rings is 1. The minimum atomic E-state index is -4.50. The molecular formula is C36H41N2O8S2-. The normalized spacial score (nSPS) is 14.9. The molecule has 3 aromatic carbocycles. The van der Waals surface area contributed by atoms with Crippen molar-refractivity contribution in [3.63, 3.8) is 0 Å². The SMILES string of the molecule is CC/C(=C\C=C1Oc2ccc(-c3ccccc3)cc2N1CCS(=O)(=O)[O-])c1oc2ccc(C(C)(C)CC)cc2[n+]1CCCCS(=O)(=O)[O-]. The lowest BCUT2D eigenvalue weighted by Crippen LogP contribution is -2.36. The van der Waals surface area contributed by atoms with E-state index in [4.69, 9.17) is 9.15 Å². The second-order valence-corrected chi connectivity index (χ2v) is 15.6. The summed E-state index contributed by atoms with van der Waals surface area (Å²) < 4.78 is 83.4. The third-order valence-corrected chi connectivity index (χ3v) is 10.3. The van der Waals surface area contributed by atoms with E-state index in [-0.39, 0.29) is 18.4 Å². The maximum atomic E-state index is 11.7. The Morgan fingerprint density at radius 1 is 0.896 bits per heavy atom. The van der Waals surface area contributed by atoms with E-state index < -0.39 is 31.7 Å². The molecule has 256 valence electrons. The van der Waals surface area contributed by atoms with E-state index in [1.165, 1.54) is 0 Å². The lowest BCUT2D eigenvalue weighted by atomic mass is 9.82. The van der Waals surface area contributed by atoms with Gasteiger partial charge in [0.1, 0.15) is 0 Å². The molecule has 0 N–H and O–H groups in total. The van der Waals surface area contributed by atoms with Crippen LogP contribution in [0.3, 0.4) is 0 Å². The van der Waals surface area contributed by atoms with Crippen LogP contribution in [0.15, 0.2) is 89.2 Å². The van der Waals surface area contributed by atoms with Gasteiger partial charge >= 0.3 is 5.89 Å². The van der Waals surface area contributed by atoms with Gasteiger partial charge < -0.3 is 23.2 Å². The summed E-state index contributed by atoms with van der Waals surface area (Å²) in [5.74, 6) is 0.436. The van der Waals surface area contributed by atoms with Crippen LogP contribution in [0.1, 0.15) is 64.8 Å². The average molecular weight is 694 g/mol. The number of aryl methyl sites for hydroxylation is 1. The Morgan fingerprint density at radius 3 is 2.29 bits per heavy atom. The highest BCUT2D eigenvalue weighted by Gasteiger charge is 2.30. The molecule has 0 saturated carbocycles. The number of benzene rings is 3. The second-order valence-electron chi connectivity index (χ2n) is 12.6. The molecular weight excluding hydrogens is 653 g/mol. The number of hydrogen-bond donors (Lipinski definition) is 0. The Labute approximate surface area is 282 Å². The van der Waals surface area contributed by atoms with Crippen molar-refractivity contribution in [2.75, 3.05) is 23.0 Å². The number of rotatable bonds is 14. The Bertz CT molecular complexity index is 2070. The fraction of sp³-hybridized carbons (Fsp3) is 0.361. The van der Waals surface area contributed by atoms with E-state index in [2.05, 4.69) is 32.9 Å². The van der Waals surface area contributed by atoms with Gasteiger partial charge in [0.05, 0.1) is 37.2 Å². The number of allylic oxidation sites excluding steroid dienone is 3. The molecule has 0 aliphatic carbocycles. The molecule has 2 heterocycles. The maximum absolute atomic E-state index is 11.7. The van der Waals surface area contributed by atoms with Gasteiger partial charge in [0, 0.05) is 24.8 Å². The summed E-state index contributed by atoms with van der Waals surface area (Å²) in [6.45, 7) is 8.80. The van der Waals surface area contributed by atoms with Crippen LogP contribution < -0.4 is 14.2 Å². The quantitative estimate of drug-likeness (QED) is 0.0824. The molecule has 0 radical (unpaired) electrons. The number of ether oxygens (including phenoxy) is 1. The smallest absolute Gasteiger partial charge is 0.377 e. The summed E-state index contributed by atoms with van der Waals surface area (Å²) >= 11 is 0.